The molecule has 4 heteroatoms. The summed E-state index contributed by atoms with van der Waals surface area (Å²) in [6.07, 6.45) is 0.663. The monoisotopic (exact) mass is 264 g/mol. The van der Waals surface area contributed by atoms with Crippen LogP contribution in [0.3, 0.4) is 0 Å². The number of carbonyl (C=O) groups is 1. The molecule has 0 heterocycles. The molecule has 0 aliphatic rings. The first-order valence-electron chi connectivity index (χ1n) is 6.55. The minimum absolute atomic E-state index is 0.0171. The van der Waals surface area contributed by atoms with E-state index in [1.165, 1.54) is 0 Å². The smallest absolute Gasteiger partial charge is 0.224 e. The lowest BCUT2D eigenvalue weighted by molar-refractivity contribution is -0.126. The van der Waals surface area contributed by atoms with E-state index >= 15 is 0 Å². The molecule has 1 rings (SSSR count). The molecule has 0 saturated carbocycles. The maximum absolute atomic E-state index is 12.1. The van der Waals surface area contributed by atoms with Gasteiger partial charge in [-0.15, -0.1) is 0 Å². The van der Waals surface area contributed by atoms with Crippen LogP contribution in [0.1, 0.15) is 19.4 Å². The van der Waals surface area contributed by atoms with Crippen LogP contribution >= 0.6 is 0 Å². The molecule has 1 unspecified atom stereocenters. The number of nitrogens with one attached hydrogen (secondary N) is 1. The molecule has 0 spiro atoms. The summed E-state index contributed by atoms with van der Waals surface area (Å²) in [5.41, 5.74) is 6.47. The van der Waals surface area contributed by atoms with Gasteiger partial charge in [-0.1, -0.05) is 30.3 Å². The van der Waals surface area contributed by atoms with E-state index in [2.05, 4.69) is 5.32 Å². The van der Waals surface area contributed by atoms with Crippen LogP contribution in [-0.2, 0) is 16.0 Å². The van der Waals surface area contributed by atoms with Crippen molar-refractivity contribution >= 4 is 5.91 Å². The second kappa shape index (κ2) is 7.26. The first-order chi connectivity index (χ1) is 8.98. The van der Waals surface area contributed by atoms with E-state index in [9.17, 15) is 4.79 Å². The minimum atomic E-state index is -0.360. The zero-order valence-corrected chi connectivity index (χ0v) is 12.0. The molecule has 1 amide bonds. The van der Waals surface area contributed by atoms with Gasteiger partial charge in [0.2, 0.25) is 5.91 Å². The Morgan fingerprint density at radius 2 is 2.00 bits per heavy atom. The van der Waals surface area contributed by atoms with Crippen LogP contribution in [0.4, 0.5) is 0 Å². The Balaban J connectivity index is 2.53. The SMILES string of the molecule is COC(C)(C)CNC(=O)C(CN)Cc1ccccc1. The van der Waals surface area contributed by atoms with Crippen molar-refractivity contribution < 1.29 is 9.53 Å². The van der Waals surface area contributed by atoms with Crippen molar-refractivity contribution in [3.8, 4) is 0 Å². The number of amides is 1. The molecule has 1 atom stereocenters. The van der Waals surface area contributed by atoms with Gasteiger partial charge in [-0.2, -0.15) is 0 Å². The number of ether oxygens (including phenoxy) is 1. The summed E-state index contributed by atoms with van der Waals surface area (Å²) in [6.45, 7) is 4.69. The van der Waals surface area contributed by atoms with Gasteiger partial charge < -0.3 is 15.8 Å². The third-order valence-electron chi connectivity index (χ3n) is 3.22. The summed E-state index contributed by atoms with van der Waals surface area (Å²) in [6, 6.07) is 9.91. The van der Waals surface area contributed by atoms with E-state index in [1.807, 2.05) is 44.2 Å². The minimum Gasteiger partial charge on any atom is -0.377 e. The molecule has 0 saturated heterocycles. The first kappa shape index (κ1) is 15.7. The fraction of sp³-hybridized carbons (Fsp3) is 0.533. The number of carbonyl (C=O) groups excluding carboxylic acids is 1. The molecule has 0 bridgehead atoms. The highest BCUT2D eigenvalue weighted by Gasteiger charge is 2.21. The number of hydrogen-bond donors (Lipinski definition) is 2. The van der Waals surface area contributed by atoms with Crippen LogP contribution in [0, 0.1) is 5.92 Å². The topological polar surface area (TPSA) is 64.3 Å². The Bertz CT molecular complexity index is 390. The van der Waals surface area contributed by atoms with Crippen molar-refractivity contribution in [1.82, 2.24) is 5.32 Å². The molecule has 1 aromatic rings. The van der Waals surface area contributed by atoms with Crippen LogP contribution in [0.2, 0.25) is 0 Å². The van der Waals surface area contributed by atoms with E-state index in [-0.39, 0.29) is 17.4 Å². The Morgan fingerprint density at radius 3 is 2.53 bits per heavy atom. The molecular weight excluding hydrogens is 240 g/mol. The van der Waals surface area contributed by atoms with Gasteiger partial charge in [0.1, 0.15) is 0 Å². The summed E-state index contributed by atoms with van der Waals surface area (Å²) >= 11 is 0. The second-order valence-electron chi connectivity index (χ2n) is 5.30. The quantitative estimate of drug-likeness (QED) is 0.781. The van der Waals surface area contributed by atoms with Crippen LogP contribution in [0.5, 0.6) is 0 Å². The predicted molar refractivity (Wildman–Crippen MR) is 76.8 cm³/mol. The Hall–Kier alpha value is -1.39. The van der Waals surface area contributed by atoms with Gasteiger partial charge in [-0.3, -0.25) is 4.79 Å². The number of rotatable bonds is 7. The Kier molecular flexibility index (Phi) is 5.99. The molecule has 0 radical (unpaired) electrons. The number of hydrogen-bond acceptors (Lipinski definition) is 3. The van der Waals surface area contributed by atoms with Crippen molar-refractivity contribution in [2.75, 3.05) is 20.2 Å². The van der Waals surface area contributed by atoms with Gasteiger partial charge >= 0.3 is 0 Å². The summed E-state index contributed by atoms with van der Waals surface area (Å²) in [5.74, 6) is -0.216. The lowest BCUT2D eigenvalue weighted by Crippen LogP contribution is -2.44. The Morgan fingerprint density at radius 1 is 1.37 bits per heavy atom. The summed E-state index contributed by atoms with van der Waals surface area (Å²) in [4.78, 5) is 12.1. The third-order valence-corrected chi connectivity index (χ3v) is 3.22. The maximum Gasteiger partial charge on any atom is 0.224 e. The van der Waals surface area contributed by atoms with Crippen molar-refractivity contribution in [2.24, 2.45) is 11.7 Å². The van der Waals surface area contributed by atoms with Crippen molar-refractivity contribution in [1.29, 1.82) is 0 Å². The van der Waals surface area contributed by atoms with Crippen molar-refractivity contribution in [2.45, 2.75) is 25.9 Å². The second-order valence-corrected chi connectivity index (χ2v) is 5.30. The van der Waals surface area contributed by atoms with E-state index in [1.54, 1.807) is 7.11 Å². The fourth-order valence-corrected chi connectivity index (χ4v) is 1.70. The van der Waals surface area contributed by atoms with E-state index in [4.69, 9.17) is 10.5 Å². The fourth-order valence-electron chi connectivity index (χ4n) is 1.70. The van der Waals surface area contributed by atoms with Crippen LogP contribution in [-0.4, -0.2) is 31.7 Å². The zero-order valence-electron chi connectivity index (χ0n) is 12.0. The summed E-state index contributed by atoms with van der Waals surface area (Å²) in [7, 11) is 1.64. The normalized spacial score (nSPS) is 13.1. The van der Waals surface area contributed by atoms with Gasteiger partial charge in [0.05, 0.1) is 11.5 Å². The third kappa shape index (κ3) is 5.41. The van der Waals surface area contributed by atoms with Crippen LogP contribution in [0.25, 0.3) is 0 Å². The van der Waals surface area contributed by atoms with Gasteiger partial charge in [0, 0.05) is 20.2 Å². The zero-order chi connectivity index (χ0) is 14.3. The number of nitrogens with two attached hydrogens (primary N) is 1. The summed E-state index contributed by atoms with van der Waals surface area (Å²) in [5, 5.41) is 2.90. The molecule has 0 fully saturated rings. The van der Waals surface area contributed by atoms with Gasteiger partial charge in [-0.25, -0.2) is 0 Å². The van der Waals surface area contributed by atoms with E-state index in [0.717, 1.165) is 5.56 Å². The molecule has 3 N–H and O–H groups in total. The Labute approximate surface area is 115 Å². The highest BCUT2D eigenvalue weighted by atomic mass is 16.5. The average Bonchev–Trinajstić information content (AvgIpc) is 2.43. The molecule has 0 aliphatic heterocycles. The number of methoxy groups -OCH3 is 1. The van der Waals surface area contributed by atoms with Crippen LogP contribution < -0.4 is 11.1 Å². The molecule has 1 aromatic carbocycles. The maximum atomic E-state index is 12.1. The molecule has 106 valence electrons. The van der Waals surface area contributed by atoms with Gasteiger partial charge in [-0.05, 0) is 25.8 Å². The van der Waals surface area contributed by atoms with Crippen molar-refractivity contribution in [3.05, 3.63) is 35.9 Å². The highest BCUT2D eigenvalue weighted by molar-refractivity contribution is 5.79. The lowest BCUT2D eigenvalue weighted by atomic mass is 9.98. The first-order valence-corrected chi connectivity index (χ1v) is 6.55. The predicted octanol–water partition coefficient (Wildman–Crippen LogP) is 1.35. The largest absolute Gasteiger partial charge is 0.377 e. The van der Waals surface area contributed by atoms with E-state index in [0.29, 0.717) is 19.5 Å². The average molecular weight is 264 g/mol. The molecule has 4 nitrogen and oxygen atoms in total. The van der Waals surface area contributed by atoms with Crippen molar-refractivity contribution in [3.63, 3.8) is 0 Å². The van der Waals surface area contributed by atoms with Crippen LogP contribution in [0.15, 0.2) is 30.3 Å². The molecular formula is C15H24N2O2. The molecule has 19 heavy (non-hydrogen) atoms. The van der Waals surface area contributed by atoms with Gasteiger partial charge in [0.15, 0.2) is 0 Å². The van der Waals surface area contributed by atoms with E-state index < -0.39 is 0 Å². The summed E-state index contributed by atoms with van der Waals surface area (Å²) < 4.78 is 5.27. The molecule has 0 aromatic heterocycles. The van der Waals surface area contributed by atoms with Gasteiger partial charge in [0.25, 0.3) is 0 Å². The standard InChI is InChI=1S/C15H24N2O2/c1-15(2,19-3)11-17-14(18)13(10-16)9-12-7-5-4-6-8-12/h4-8,13H,9-11,16H2,1-3H3,(H,17,18). The highest BCUT2D eigenvalue weighted by Crippen LogP contribution is 2.09. The molecule has 0 aliphatic carbocycles. The number of benzene rings is 1. The lowest BCUT2D eigenvalue weighted by Gasteiger charge is -2.24.